The number of hydrogen-bond acceptors (Lipinski definition) is 5. The minimum atomic E-state index is -3.18. The van der Waals surface area contributed by atoms with Gasteiger partial charge in [0.25, 0.3) is 0 Å². The van der Waals surface area contributed by atoms with Gasteiger partial charge in [-0.2, -0.15) is 0 Å². The number of piperazine rings is 1. The number of sulfone groups is 1. The summed E-state index contributed by atoms with van der Waals surface area (Å²) in [4.78, 5) is 14.4. The monoisotopic (exact) mass is 390 g/mol. The highest BCUT2D eigenvalue weighted by Gasteiger charge is 2.22. The van der Waals surface area contributed by atoms with Crippen LogP contribution in [0.3, 0.4) is 0 Å². The van der Waals surface area contributed by atoms with Crippen LogP contribution < -0.4 is 10.1 Å². The molecule has 1 aliphatic rings. The summed E-state index contributed by atoms with van der Waals surface area (Å²) >= 11 is 0. The van der Waals surface area contributed by atoms with Crippen LogP contribution in [0.15, 0.2) is 29.2 Å². The number of nitrogens with one attached hydrogen (secondary N) is 1. The lowest BCUT2D eigenvalue weighted by Crippen LogP contribution is -2.52. The van der Waals surface area contributed by atoms with Crippen molar-refractivity contribution in [1.82, 2.24) is 10.2 Å². The van der Waals surface area contributed by atoms with Gasteiger partial charge in [-0.05, 0) is 44.0 Å². The lowest BCUT2D eigenvalue weighted by molar-refractivity contribution is -0.134. The molecule has 2 rings (SSSR count). The van der Waals surface area contributed by atoms with Gasteiger partial charge < -0.3 is 15.0 Å². The molecule has 1 atom stereocenters. The zero-order chi connectivity index (χ0) is 17.6. The predicted molar refractivity (Wildman–Crippen MR) is 100 cm³/mol. The standard InChI is InChI=1S/C17H26N2O4S.ClH/c1-14-13-18-10-11-19(14)17(20)5-3-4-12-23-15-6-8-16(9-7-15)24(2,21)22;/h6-9,14,18H,3-5,10-13H2,1-2H3;1H. The lowest BCUT2D eigenvalue weighted by Gasteiger charge is -2.34. The third kappa shape index (κ3) is 6.84. The fourth-order valence-electron chi connectivity index (χ4n) is 2.71. The molecular formula is C17H27ClN2O4S. The molecule has 1 aliphatic heterocycles. The number of carbonyl (C=O) groups is 1. The average molecular weight is 391 g/mol. The van der Waals surface area contributed by atoms with Crippen molar-refractivity contribution in [3.63, 3.8) is 0 Å². The van der Waals surface area contributed by atoms with E-state index in [0.717, 1.165) is 32.5 Å². The van der Waals surface area contributed by atoms with Crippen molar-refractivity contribution in [3.05, 3.63) is 24.3 Å². The van der Waals surface area contributed by atoms with Crippen LogP contribution in [0.4, 0.5) is 0 Å². The van der Waals surface area contributed by atoms with Crippen molar-refractivity contribution >= 4 is 28.2 Å². The number of halogens is 1. The first-order valence-corrected chi connectivity index (χ1v) is 10.2. The Labute approximate surface area is 156 Å². The second-order valence-corrected chi connectivity index (χ2v) is 8.21. The van der Waals surface area contributed by atoms with Crippen LogP contribution in [-0.2, 0) is 14.6 Å². The summed E-state index contributed by atoms with van der Waals surface area (Å²) in [5, 5.41) is 3.28. The van der Waals surface area contributed by atoms with E-state index < -0.39 is 9.84 Å². The highest BCUT2D eigenvalue weighted by Crippen LogP contribution is 2.16. The number of carbonyl (C=O) groups excluding carboxylic acids is 1. The number of nitrogens with zero attached hydrogens (tertiary/aromatic N) is 1. The second-order valence-electron chi connectivity index (χ2n) is 6.19. The maximum atomic E-state index is 12.2. The van der Waals surface area contributed by atoms with Gasteiger partial charge >= 0.3 is 0 Å². The van der Waals surface area contributed by atoms with Gasteiger partial charge in [-0.1, -0.05) is 0 Å². The highest BCUT2D eigenvalue weighted by atomic mass is 35.5. The Morgan fingerprint density at radius 1 is 1.28 bits per heavy atom. The summed E-state index contributed by atoms with van der Waals surface area (Å²) in [6.45, 7) is 5.08. The molecule has 1 unspecified atom stereocenters. The number of hydrogen-bond donors (Lipinski definition) is 1. The Bertz CT molecular complexity index is 649. The first kappa shape index (κ1) is 21.7. The van der Waals surface area contributed by atoms with Crippen LogP contribution in [0.5, 0.6) is 5.75 Å². The smallest absolute Gasteiger partial charge is 0.222 e. The topological polar surface area (TPSA) is 75.7 Å². The zero-order valence-corrected chi connectivity index (χ0v) is 16.4. The molecule has 1 saturated heterocycles. The number of ether oxygens (including phenoxy) is 1. The number of unbranched alkanes of at least 4 members (excludes halogenated alkanes) is 1. The van der Waals surface area contributed by atoms with E-state index in [9.17, 15) is 13.2 Å². The van der Waals surface area contributed by atoms with E-state index in [2.05, 4.69) is 12.2 Å². The van der Waals surface area contributed by atoms with Crippen LogP contribution in [0.25, 0.3) is 0 Å². The minimum Gasteiger partial charge on any atom is -0.494 e. The first-order valence-electron chi connectivity index (χ1n) is 8.31. The Morgan fingerprint density at radius 3 is 2.56 bits per heavy atom. The summed E-state index contributed by atoms with van der Waals surface area (Å²) in [5.74, 6) is 0.853. The van der Waals surface area contributed by atoms with Crippen LogP contribution in [0.1, 0.15) is 26.2 Å². The zero-order valence-electron chi connectivity index (χ0n) is 14.7. The fourth-order valence-corrected chi connectivity index (χ4v) is 3.34. The molecule has 0 aliphatic carbocycles. The van der Waals surface area contributed by atoms with Crippen molar-refractivity contribution in [3.8, 4) is 5.75 Å². The van der Waals surface area contributed by atoms with Gasteiger partial charge in [0.05, 0.1) is 11.5 Å². The van der Waals surface area contributed by atoms with Gasteiger partial charge in [0.1, 0.15) is 5.75 Å². The molecule has 8 heteroatoms. The molecule has 0 radical (unpaired) electrons. The average Bonchev–Trinajstić information content (AvgIpc) is 2.54. The first-order chi connectivity index (χ1) is 11.4. The van der Waals surface area contributed by atoms with Crippen LogP contribution >= 0.6 is 12.4 Å². The van der Waals surface area contributed by atoms with E-state index in [1.54, 1.807) is 24.3 Å². The number of benzene rings is 1. The molecular weight excluding hydrogens is 364 g/mol. The summed E-state index contributed by atoms with van der Waals surface area (Å²) in [6.07, 6.45) is 3.30. The normalized spacial score (nSPS) is 17.7. The SMILES string of the molecule is CC1CNCCN1C(=O)CCCCOc1ccc(S(C)(=O)=O)cc1.Cl. The summed E-state index contributed by atoms with van der Waals surface area (Å²) in [6, 6.07) is 6.66. The Kier molecular flexibility index (Phi) is 8.68. The number of rotatable bonds is 7. The van der Waals surface area contributed by atoms with Crippen molar-refractivity contribution in [2.75, 3.05) is 32.5 Å². The van der Waals surface area contributed by atoms with E-state index in [1.807, 2.05) is 4.90 Å². The van der Waals surface area contributed by atoms with Crippen molar-refractivity contribution in [2.45, 2.75) is 37.1 Å². The Morgan fingerprint density at radius 2 is 1.96 bits per heavy atom. The molecule has 0 spiro atoms. The molecule has 0 aromatic heterocycles. The molecule has 1 fully saturated rings. The van der Waals surface area contributed by atoms with Crippen molar-refractivity contribution in [1.29, 1.82) is 0 Å². The van der Waals surface area contributed by atoms with E-state index in [-0.39, 0.29) is 29.3 Å². The van der Waals surface area contributed by atoms with Crippen LogP contribution in [0.2, 0.25) is 0 Å². The molecule has 1 heterocycles. The summed E-state index contributed by atoms with van der Waals surface area (Å²) < 4.78 is 28.4. The van der Waals surface area contributed by atoms with Crippen molar-refractivity contribution in [2.24, 2.45) is 0 Å². The molecule has 25 heavy (non-hydrogen) atoms. The minimum absolute atomic E-state index is 0. The molecule has 1 amide bonds. The molecule has 1 aromatic carbocycles. The second kappa shape index (κ2) is 9.99. The maximum absolute atomic E-state index is 12.2. The predicted octanol–water partition coefficient (Wildman–Crippen LogP) is 1.88. The number of amides is 1. The van der Waals surface area contributed by atoms with Gasteiger partial charge in [0.15, 0.2) is 9.84 Å². The van der Waals surface area contributed by atoms with Gasteiger partial charge in [-0.15, -0.1) is 12.4 Å². The van der Waals surface area contributed by atoms with Crippen molar-refractivity contribution < 1.29 is 17.9 Å². The molecule has 1 aromatic rings. The molecule has 6 nitrogen and oxygen atoms in total. The third-order valence-electron chi connectivity index (χ3n) is 4.13. The van der Waals surface area contributed by atoms with Gasteiger partial charge in [-0.25, -0.2) is 8.42 Å². The highest BCUT2D eigenvalue weighted by molar-refractivity contribution is 7.90. The molecule has 0 saturated carbocycles. The maximum Gasteiger partial charge on any atom is 0.222 e. The fraction of sp³-hybridized carbons (Fsp3) is 0.588. The molecule has 1 N–H and O–H groups in total. The summed E-state index contributed by atoms with van der Waals surface area (Å²) in [7, 11) is -3.18. The van der Waals surface area contributed by atoms with E-state index in [1.165, 1.54) is 6.26 Å². The van der Waals surface area contributed by atoms with E-state index in [4.69, 9.17) is 4.74 Å². The quantitative estimate of drug-likeness (QED) is 0.719. The Hall–Kier alpha value is -1.31. The third-order valence-corrected chi connectivity index (χ3v) is 5.26. The van der Waals surface area contributed by atoms with Gasteiger partial charge in [-0.3, -0.25) is 4.79 Å². The largest absolute Gasteiger partial charge is 0.494 e. The van der Waals surface area contributed by atoms with Gasteiger partial charge in [0.2, 0.25) is 5.91 Å². The molecule has 0 bridgehead atoms. The van der Waals surface area contributed by atoms with Crippen LogP contribution in [0, 0.1) is 0 Å². The van der Waals surface area contributed by atoms with E-state index >= 15 is 0 Å². The van der Waals surface area contributed by atoms with Crippen LogP contribution in [-0.4, -0.2) is 57.8 Å². The summed E-state index contributed by atoms with van der Waals surface area (Å²) in [5.41, 5.74) is 0. The lowest BCUT2D eigenvalue weighted by atomic mass is 10.1. The van der Waals surface area contributed by atoms with E-state index in [0.29, 0.717) is 18.8 Å². The van der Waals surface area contributed by atoms with Gasteiger partial charge in [0, 0.05) is 38.4 Å². The molecule has 142 valence electrons. The Balaban J connectivity index is 0.00000312.